The fraction of sp³-hybridized carbons (Fsp3) is 0.667. The molecule has 1 fully saturated rings. The lowest BCUT2D eigenvalue weighted by Crippen LogP contribution is -2.43. The molecule has 1 aromatic heterocycles. The summed E-state index contributed by atoms with van der Waals surface area (Å²) in [6, 6.07) is 0.244. The number of nitrogens with two attached hydrogens (primary N) is 1. The molecule has 0 aliphatic carbocycles. The van der Waals surface area contributed by atoms with Gasteiger partial charge in [-0.25, -0.2) is 4.98 Å². The summed E-state index contributed by atoms with van der Waals surface area (Å²) < 4.78 is 0. The number of nitrogens with zero attached hydrogens (tertiary/aromatic N) is 3. The third-order valence-electron chi connectivity index (χ3n) is 3.28. The smallest absolute Gasteiger partial charge is 0.265 e. The minimum Gasteiger partial charge on any atom is -0.382 e. The van der Waals surface area contributed by atoms with Gasteiger partial charge in [-0.3, -0.25) is 4.79 Å². The summed E-state index contributed by atoms with van der Waals surface area (Å²) in [4.78, 5) is 21.0. The van der Waals surface area contributed by atoms with E-state index >= 15 is 0 Å². The SMILES string of the molecule is CN1CCC(NC(=O)c2sc(N(C)C)nc2N)CC1. The molecule has 1 aliphatic heterocycles. The standard InChI is InChI=1S/C12H21N5OS/c1-16(2)12-15-10(13)9(19-12)11(18)14-8-4-6-17(3)7-5-8/h8H,4-7,13H2,1-3H3,(H,14,18). The van der Waals surface area contributed by atoms with E-state index in [1.54, 1.807) is 0 Å². The molecule has 0 saturated carbocycles. The van der Waals surface area contributed by atoms with Crippen LogP contribution in [0.2, 0.25) is 0 Å². The Bertz CT molecular complexity index is 451. The molecule has 1 aliphatic rings. The first-order valence-corrected chi connectivity index (χ1v) is 7.22. The van der Waals surface area contributed by atoms with Crippen molar-refractivity contribution in [2.24, 2.45) is 0 Å². The Kier molecular flexibility index (Phi) is 4.26. The van der Waals surface area contributed by atoms with E-state index in [0.717, 1.165) is 31.1 Å². The Balaban J connectivity index is 2.00. The largest absolute Gasteiger partial charge is 0.382 e. The molecule has 0 atom stereocenters. The van der Waals surface area contributed by atoms with E-state index in [0.29, 0.717) is 10.7 Å². The number of piperidine rings is 1. The van der Waals surface area contributed by atoms with Crippen molar-refractivity contribution in [1.29, 1.82) is 0 Å². The Morgan fingerprint density at radius 1 is 1.47 bits per heavy atom. The summed E-state index contributed by atoms with van der Waals surface area (Å²) in [5.74, 6) is 0.219. The lowest BCUT2D eigenvalue weighted by molar-refractivity contribution is 0.0921. The lowest BCUT2D eigenvalue weighted by atomic mass is 10.1. The maximum atomic E-state index is 12.2. The predicted octanol–water partition coefficient (Wildman–Crippen LogP) is 0.615. The van der Waals surface area contributed by atoms with E-state index in [1.165, 1.54) is 11.3 Å². The van der Waals surface area contributed by atoms with Gasteiger partial charge in [-0.05, 0) is 33.0 Å². The van der Waals surface area contributed by atoms with Crippen molar-refractivity contribution >= 4 is 28.2 Å². The minimum atomic E-state index is -0.0994. The van der Waals surface area contributed by atoms with Crippen LogP contribution in [0, 0.1) is 0 Å². The van der Waals surface area contributed by atoms with Gasteiger partial charge in [-0.15, -0.1) is 0 Å². The fourth-order valence-electron chi connectivity index (χ4n) is 2.08. The molecule has 0 aromatic carbocycles. The van der Waals surface area contributed by atoms with Gasteiger partial charge < -0.3 is 20.9 Å². The van der Waals surface area contributed by atoms with Crippen LogP contribution in [0.4, 0.5) is 10.9 Å². The van der Waals surface area contributed by atoms with Crippen molar-refractivity contribution in [2.45, 2.75) is 18.9 Å². The van der Waals surface area contributed by atoms with Crippen LogP contribution in [0.15, 0.2) is 0 Å². The first kappa shape index (κ1) is 14.1. The average molecular weight is 283 g/mol. The maximum Gasteiger partial charge on any atom is 0.265 e. The number of carbonyl (C=O) groups excluding carboxylic acids is 1. The average Bonchev–Trinajstić information content (AvgIpc) is 2.74. The summed E-state index contributed by atoms with van der Waals surface area (Å²) >= 11 is 1.33. The van der Waals surface area contributed by atoms with Gasteiger partial charge in [0.2, 0.25) is 0 Å². The Morgan fingerprint density at radius 2 is 2.11 bits per heavy atom. The second-order valence-corrected chi connectivity index (χ2v) is 6.13. The van der Waals surface area contributed by atoms with Crippen LogP contribution in [-0.4, -0.2) is 56.1 Å². The quantitative estimate of drug-likeness (QED) is 0.850. The zero-order chi connectivity index (χ0) is 14.0. The van der Waals surface area contributed by atoms with Crippen molar-refractivity contribution in [2.75, 3.05) is 44.9 Å². The molecule has 7 heteroatoms. The van der Waals surface area contributed by atoms with Crippen LogP contribution in [-0.2, 0) is 0 Å². The van der Waals surface area contributed by atoms with Crippen LogP contribution >= 0.6 is 11.3 Å². The molecule has 1 amide bonds. The topological polar surface area (TPSA) is 74.5 Å². The number of hydrogen-bond acceptors (Lipinski definition) is 6. The number of nitrogens with one attached hydrogen (secondary N) is 1. The van der Waals surface area contributed by atoms with Crippen molar-refractivity contribution in [3.05, 3.63) is 4.88 Å². The fourth-order valence-corrected chi connectivity index (χ4v) is 2.89. The molecule has 1 aromatic rings. The highest BCUT2D eigenvalue weighted by atomic mass is 32.1. The van der Waals surface area contributed by atoms with Gasteiger partial charge >= 0.3 is 0 Å². The highest BCUT2D eigenvalue weighted by molar-refractivity contribution is 7.18. The van der Waals surface area contributed by atoms with Crippen LogP contribution < -0.4 is 16.0 Å². The molecular weight excluding hydrogens is 262 g/mol. The monoisotopic (exact) mass is 283 g/mol. The number of thiazole rings is 1. The highest BCUT2D eigenvalue weighted by Crippen LogP contribution is 2.26. The summed E-state index contributed by atoms with van der Waals surface area (Å²) in [6.07, 6.45) is 1.98. The van der Waals surface area contributed by atoms with Crippen molar-refractivity contribution < 1.29 is 4.79 Å². The summed E-state index contributed by atoms with van der Waals surface area (Å²) in [7, 11) is 5.87. The Hall–Kier alpha value is -1.34. The number of nitrogen functional groups attached to an aromatic ring is 1. The molecule has 1 saturated heterocycles. The number of carbonyl (C=O) groups is 1. The zero-order valence-corrected chi connectivity index (χ0v) is 12.5. The number of rotatable bonds is 3. The normalized spacial score (nSPS) is 17.4. The molecular formula is C12H21N5OS. The Morgan fingerprint density at radius 3 is 2.63 bits per heavy atom. The maximum absolute atomic E-state index is 12.2. The molecule has 2 heterocycles. The number of anilines is 2. The van der Waals surface area contributed by atoms with Gasteiger partial charge in [0, 0.05) is 20.1 Å². The van der Waals surface area contributed by atoms with Crippen molar-refractivity contribution in [1.82, 2.24) is 15.2 Å². The molecule has 19 heavy (non-hydrogen) atoms. The second kappa shape index (κ2) is 5.75. The van der Waals surface area contributed by atoms with Gasteiger partial charge in [0.05, 0.1) is 0 Å². The molecule has 0 bridgehead atoms. The molecule has 2 rings (SSSR count). The van der Waals surface area contributed by atoms with Crippen LogP contribution in [0.1, 0.15) is 22.5 Å². The Labute approximate surface area is 117 Å². The number of aromatic nitrogens is 1. The lowest BCUT2D eigenvalue weighted by Gasteiger charge is -2.29. The molecule has 0 unspecified atom stereocenters. The zero-order valence-electron chi connectivity index (χ0n) is 11.6. The van der Waals surface area contributed by atoms with Gasteiger partial charge in [0.25, 0.3) is 5.91 Å². The summed E-state index contributed by atoms with van der Waals surface area (Å²) in [5, 5.41) is 3.81. The van der Waals surface area contributed by atoms with E-state index < -0.39 is 0 Å². The van der Waals surface area contributed by atoms with E-state index in [1.807, 2.05) is 19.0 Å². The van der Waals surface area contributed by atoms with Gasteiger partial charge in [0.1, 0.15) is 10.7 Å². The molecule has 0 radical (unpaired) electrons. The molecule has 106 valence electrons. The van der Waals surface area contributed by atoms with Crippen LogP contribution in [0.3, 0.4) is 0 Å². The van der Waals surface area contributed by atoms with Crippen molar-refractivity contribution in [3.8, 4) is 0 Å². The second-order valence-electron chi connectivity index (χ2n) is 5.16. The van der Waals surface area contributed by atoms with Crippen LogP contribution in [0.25, 0.3) is 0 Å². The van der Waals surface area contributed by atoms with Crippen molar-refractivity contribution in [3.63, 3.8) is 0 Å². The van der Waals surface area contributed by atoms with Crippen LogP contribution in [0.5, 0.6) is 0 Å². The predicted molar refractivity (Wildman–Crippen MR) is 78.8 cm³/mol. The number of amides is 1. The third kappa shape index (κ3) is 3.36. The van der Waals surface area contributed by atoms with E-state index in [9.17, 15) is 4.79 Å². The highest BCUT2D eigenvalue weighted by Gasteiger charge is 2.22. The number of hydrogen-bond donors (Lipinski definition) is 2. The van der Waals surface area contributed by atoms with E-state index in [2.05, 4.69) is 22.2 Å². The molecule has 3 N–H and O–H groups in total. The van der Waals surface area contributed by atoms with Gasteiger partial charge in [0.15, 0.2) is 5.13 Å². The number of likely N-dealkylation sites (tertiary alicyclic amines) is 1. The summed E-state index contributed by atoms with van der Waals surface area (Å²) in [5.41, 5.74) is 5.81. The third-order valence-corrected chi connectivity index (χ3v) is 4.52. The van der Waals surface area contributed by atoms with Gasteiger partial charge in [-0.1, -0.05) is 11.3 Å². The van der Waals surface area contributed by atoms with E-state index in [-0.39, 0.29) is 11.9 Å². The first-order valence-electron chi connectivity index (χ1n) is 6.40. The minimum absolute atomic E-state index is 0.0994. The molecule has 6 nitrogen and oxygen atoms in total. The summed E-state index contributed by atoms with van der Waals surface area (Å²) in [6.45, 7) is 2.04. The van der Waals surface area contributed by atoms with E-state index in [4.69, 9.17) is 5.73 Å². The van der Waals surface area contributed by atoms with Gasteiger partial charge in [-0.2, -0.15) is 0 Å². The molecule has 0 spiro atoms. The first-order chi connectivity index (χ1) is 8.97.